The number of nitrogens with one attached hydrogen (secondary N) is 1. The van der Waals surface area contributed by atoms with E-state index in [2.05, 4.69) is 22.4 Å². The van der Waals surface area contributed by atoms with Gasteiger partial charge in [0.25, 0.3) is 0 Å². The van der Waals surface area contributed by atoms with Crippen LogP contribution in [0.3, 0.4) is 0 Å². The molecule has 2 saturated carbocycles. The van der Waals surface area contributed by atoms with Crippen molar-refractivity contribution in [3.05, 3.63) is 11.7 Å². The van der Waals surface area contributed by atoms with Gasteiger partial charge < -0.3 is 14.6 Å². The Balaban J connectivity index is 1.62. The zero-order valence-corrected chi connectivity index (χ0v) is 13.2. The zero-order valence-electron chi connectivity index (χ0n) is 13.2. The Hall–Kier alpha value is -0.940. The van der Waals surface area contributed by atoms with Gasteiger partial charge >= 0.3 is 0 Å². The Kier molecular flexibility index (Phi) is 4.91. The van der Waals surface area contributed by atoms with Gasteiger partial charge in [0, 0.05) is 19.6 Å². The highest BCUT2D eigenvalue weighted by molar-refractivity contribution is 4.99. The van der Waals surface area contributed by atoms with Crippen LogP contribution in [-0.4, -0.2) is 29.8 Å². The third-order valence-electron chi connectivity index (χ3n) is 4.85. The number of ether oxygens (including phenoxy) is 1. The van der Waals surface area contributed by atoms with Gasteiger partial charge in [-0.1, -0.05) is 24.9 Å². The Morgan fingerprint density at radius 2 is 2.10 bits per heavy atom. The van der Waals surface area contributed by atoms with Crippen molar-refractivity contribution in [3.8, 4) is 0 Å². The third-order valence-corrected chi connectivity index (χ3v) is 4.85. The predicted octanol–water partition coefficient (Wildman–Crippen LogP) is 2.88. The van der Waals surface area contributed by atoms with E-state index in [0.717, 1.165) is 24.7 Å². The van der Waals surface area contributed by atoms with E-state index in [1.165, 1.54) is 38.5 Å². The van der Waals surface area contributed by atoms with Crippen LogP contribution >= 0.6 is 0 Å². The van der Waals surface area contributed by atoms with Gasteiger partial charge in [-0.2, -0.15) is 4.98 Å². The number of hydrogen-bond acceptors (Lipinski definition) is 5. The molecule has 3 unspecified atom stereocenters. The summed E-state index contributed by atoms with van der Waals surface area (Å²) in [7, 11) is 1.74. The molecular weight excluding hydrogens is 266 g/mol. The highest BCUT2D eigenvalue weighted by Crippen LogP contribution is 2.42. The van der Waals surface area contributed by atoms with E-state index in [9.17, 15) is 0 Å². The van der Waals surface area contributed by atoms with Crippen LogP contribution in [0.1, 0.15) is 63.3 Å². The minimum atomic E-state index is 0.0263. The molecule has 0 aliphatic heterocycles. The molecule has 0 radical (unpaired) electrons. The van der Waals surface area contributed by atoms with Crippen molar-refractivity contribution < 1.29 is 9.26 Å². The maximum atomic E-state index is 5.53. The van der Waals surface area contributed by atoms with Crippen LogP contribution in [0.25, 0.3) is 0 Å². The molecule has 0 saturated heterocycles. The van der Waals surface area contributed by atoms with E-state index >= 15 is 0 Å². The van der Waals surface area contributed by atoms with E-state index in [1.54, 1.807) is 7.11 Å². The topological polar surface area (TPSA) is 60.2 Å². The minimum absolute atomic E-state index is 0.0263. The summed E-state index contributed by atoms with van der Waals surface area (Å²) in [5, 5.41) is 7.76. The van der Waals surface area contributed by atoms with Gasteiger partial charge in [-0.3, -0.25) is 0 Å². The Labute approximate surface area is 126 Å². The van der Waals surface area contributed by atoms with Gasteiger partial charge in [-0.15, -0.1) is 0 Å². The van der Waals surface area contributed by atoms with E-state index < -0.39 is 0 Å². The molecule has 0 bridgehead atoms. The third kappa shape index (κ3) is 3.64. The van der Waals surface area contributed by atoms with Gasteiger partial charge in [0.15, 0.2) is 0 Å². The highest BCUT2D eigenvalue weighted by atomic mass is 16.5. The molecular formula is C16H27N3O2. The lowest BCUT2D eigenvalue weighted by atomic mass is 9.82. The first-order valence-electron chi connectivity index (χ1n) is 8.40. The number of rotatable bonds is 7. The summed E-state index contributed by atoms with van der Waals surface area (Å²) in [5.41, 5.74) is 0. The van der Waals surface area contributed by atoms with E-state index in [4.69, 9.17) is 9.26 Å². The van der Waals surface area contributed by atoms with Crippen LogP contribution in [0.5, 0.6) is 0 Å². The van der Waals surface area contributed by atoms with Crippen LogP contribution in [0.15, 0.2) is 4.52 Å². The van der Waals surface area contributed by atoms with Crippen molar-refractivity contribution in [2.75, 3.05) is 13.7 Å². The fraction of sp³-hybridized carbons (Fsp3) is 0.875. The normalized spacial score (nSPS) is 27.7. The fourth-order valence-electron chi connectivity index (χ4n) is 3.58. The standard InChI is InChI=1S/C16H27N3O2/c1-3-17-13-7-5-4-6-12(13)10-14-18-16(19-21-14)15(20-2)11-8-9-11/h11-13,15,17H,3-10H2,1-2H3. The number of nitrogens with zero attached hydrogens (tertiary/aromatic N) is 2. The quantitative estimate of drug-likeness (QED) is 0.837. The smallest absolute Gasteiger partial charge is 0.227 e. The van der Waals surface area contributed by atoms with Gasteiger partial charge in [-0.25, -0.2) is 0 Å². The van der Waals surface area contributed by atoms with Crippen LogP contribution in [0.2, 0.25) is 0 Å². The average Bonchev–Trinajstić information content (AvgIpc) is 3.22. The Bertz CT molecular complexity index is 442. The average molecular weight is 293 g/mol. The first-order chi connectivity index (χ1) is 10.3. The molecule has 2 fully saturated rings. The molecule has 0 spiro atoms. The molecule has 0 amide bonds. The molecule has 2 aliphatic rings. The summed E-state index contributed by atoms with van der Waals surface area (Å²) in [4.78, 5) is 4.60. The second-order valence-corrected chi connectivity index (χ2v) is 6.45. The molecule has 2 aliphatic carbocycles. The largest absolute Gasteiger partial charge is 0.373 e. The summed E-state index contributed by atoms with van der Waals surface area (Å²) in [5.74, 6) is 2.73. The first-order valence-corrected chi connectivity index (χ1v) is 8.40. The van der Waals surface area contributed by atoms with Gasteiger partial charge in [0.05, 0.1) is 0 Å². The summed E-state index contributed by atoms with van der Waals surface area (Å²) in [6.07, 6.45) is 8.52. The maximum absolute atomic E-state index is 5.53. The van der Waals surface area contributed by atoms with Crippen molar-refractivity contribution >= 4 is 0 Å². The van der Waals surface area contributed by atoms with Crippen LogP contribution in [-0.2, 0) is 11.2 Å². The molecule has 1 aromatic rings. The lowest BCUT2D eigenvalue weighted by molar-refractivity contribution is 0.0751. The summed E-state index contributed by atoms with van der Waals surface area (Å²) < 4.78 is 11.0. The number of aromatic nitrogens is 2. The van der Waals surface area contributed by atoms with Crippen molar-refractivity contribution in [1.29, 1.82) is 0 Å². The van der Waals surface area contributed by atoms with Crippen molar-refractivity contribution in [1.82, 2.24) is 15.5 Å². The van der Waals surface area contributed by atoms with Gasteiger partial charge in [0.1, 0.15) is 6.10 Å². The molecule has 1 N–H and O–H groups in total. The molecule has 3 rings (SSSR count). The summed E-state index contributed by atoms with van der Waals surface area (Å²) >= 11 is 0. The maximum Gasteiger partial charge on any atom is 0.227 e. The van der Waals surface area contributed by atoms with Crippen molar-refractivity contribution in [2.24, 2.45) is 11.8 Å². The predicted molar refractivity (Wildman–Crippen MR) is 79.9 cm³/mol. The zero-order chi connectivity index (χ0) is 14.7. The molecule has 118 valence electrons. The van der Waals surface area contributed by atoms with E-state index in [1.807, 2.05) is 0 Å². The molecule has 0 aromatic carbocycles. The van der Waals surface area contributed by atoms with E-state index in [0.29, 0.717) is 17.9 Å². The molecule has 3 atom stereocenters. The SMILES string of the molecule is CCNC1CCCCC1Cc1nc(C(OC)C2CC2)no1. The van der Waals surface area contributed by atoms with Crippen LogP contribution in [0.4, 0.5) is 0 Å². The highest BCUT2D eigenvalue weighted by Gasteiger charge is 2.36. The van der Waals surface area contributed by atoms with Gasteiger partial charge in [-0.05, 0) is 44.1 Å². The molecule has 21 heavy (non-hydrogen) atoms. The van der Waals surface area contributed by atoms with Crippen LogP contribution < -0.4 is 5.32 Å². The second kappa shape index (κ2) is 6.88. The molecule has 1 heterocycles. The Morgan fingerprint density at radius 1 is 1.29 bits per heavy atom. The summed E-state index contributed by atoms with van der Waals surface area (Å²) in [6, 6.07) is 0.598. The fourth-order valence-corrected chi connectivity index (χ4v) is 3.58. The number of methoxy groups -OCH3 is 1. The number of hydrogen-bond donors (Lipinski definition) is 1. The molecule has 5 heteroatoms. The monoisotopic (exact) mass is 293 g/mol. The van der Waals surface area contributed by atoms with Crippen molar-refractivity contribution in [3.63, 3.8) is 0 Å². The van der Waals surface area contributed by atoms with Crippen LogP contribution in [0, 0.1) is 11.8 Å². The molecule has 1 aromatic heterocycles. The summed E-state index contributed by atoms with van der Waals surface area (Å²) in [6.45, 7) is 3.21. The van der Waals surface area contributed by atoms with Crippen molar-refractivity contribution in [2.45, 2.75) is 64.0 Å². The minimum Gasteiger partial charge on any atom is -0.373 e. The first kappa shape index (κ1) is 15.0. The molecule has 5 nitrogen and oxygen atoms in total. The Morgan fingerprint density at radius 3 is 2.81 bits per heavy atom. The lowest BCUT2D eigenvalue weighted by Gasteiger charge is -2.31. The lowest BCUT2D eigenvalue weighted by Crippen LogP contribution is -2.39. The second-order valence-electron chi connectivity index (χ2n) is 6.45. The van der Waals surface area contributed by atoms with Gasteiger partial charge in [0.2, 0.25) is 11.7 Å². The van der Waals surface area contributed by atoms with E-state index in [-0.39, 0.29) is 6.10 Å².